The highest BCUT2D eigenvalue weighted by Gasteiger charge is 2.24. The molecule has 0 amide bonds. The molecule has 0 unspecified atom stereocenters. The van der Waals surface area contributed by atoms with Gasteiger partial charge in [-0.25, -0.2) is 9.59 Å². The first-order valence-electron chi connectivity index (χ1n) is 12.7. The molecule has 1 aromatic carbocycles. The smallest absolute Gasteiger partial charge is 0.459 e. The van der Waals surface area contributed by atoms with Crippen molar-refractivity contribution in [2.24, 2.45) is 17.6 Å². The maximum atomic E-state index is 12.5. The van der Waals surface area contributed by atoms with Gasteiger partial charge in [-0.05, 0) is 62.6 Å². The van der Waals surface area contributed by atoms with Crippen molar-refractivity contribution in [2.75, 3.05) is 13.2 Å². The molecular formula is C27H41NO10. The zero-order chi connectivity index (χ0) is 28.8. The fraction of sp³-hybridized carbons (Fsp3) is 0.630. The Kier molecular flexibility index (Phi) is 14.2. The summed E-state index contributed by atoms with van der Waals surface area (Å²) >= 11 is 0. The lowest BCUT2D eigenvalue weighted by molar-refractivity contribution is -0.164. The predicted molar refractivity (Wildman–Crippen MR) is 138 cm³/mol. The van der Waals surface area contributed by atoms with Crippen LogP contribution in [0.1, 0.15) is 66.9 Å². The molecule has 0 spiro atoms. The molecule has 38 heavy (non-hydrogen) atoms. The van der Waals surface area contributed by atoms with Crippen LogP contribution in [-0.4, -0.2) is 55.7 Å². The third-order valence-electron chi connectivity index (χ3n) is 5.30. The lowest BCUT2D eigenvalue weighted by Gasteiger charge is -2.22. The molecule has 0 aliphatic rings. The second kappa shape index (κ2) is 16.5. The zero-order valence-corrected chi connectivity index (χ0v) is 23.3. The first kappa shape index (κ1) is 32.7. The highest BCUT2D eigenvalue weighted by Crippen LogP contribution is 2.30. The quantitative estimate of drug-likeness (QED) is 0.201. The van der Waals surface area contributed by atoms with Crippen molar-refractivity contribution in [1.82, 2.24) is 0 Å². The van der Waals surface area contributed by atoms with Crippen LogP contribution < -0.4 is 15.2 Å². The molecule has 0 fully saturated rings. The molecule has 1 rings (SSSR count). The molecule has 214 valence electrons. The molecule has 0 bridgehead atoms. The number of benzene rings is 1. The summed E-state index contributed by atoms with van der Waals surface area (Å²) < 4.78 is 31.0. The average molecular weight is 540 g/mol. The molecule has 0 aliphatic carbocycles. The van der Waals surface area contributed by atoms with Gasteiger partial charge in [0.2, 0.25) is 0 Å². The van der Waals surface area contributed by atoms with Crippen LogP contribution in [0.4, 0.5) is 9.59 Å². The second-order valence-electron chi connectivity index (χ2n) is 9.81. The molecule has 11 heteroatoms. The number of carbonyl (C=O) groups is 4. The summed E-state index contributed by atoms with van der Waals surface area (Å²) in [4.78, 5) is 47.9. The van der Waals surface area contributed by atoms with Crippen molar-refractivity contribution in [3.8, 4) is 11.5 Å². The molecule has 0 saturated heterocycles. The maximum absolute atomic E-state index is 12.5. The Balaban J connectivity index is 2.94. The van der Waals surface area contributed by atoms with E-state index in [1.165, 1.54) is 19.1 Å². The van der Waals surface area contributed by atoms with Gasteiger partial charge in [0.15, 0.2) is 11.5 Å². The minimum Gasteiger partial charge on any atom is -0.459 e. The third-order valence-corrected chi connectivity index (χ3v) is 5.30. The minimum atomic E-state index is -1.07. The highest BCUT2D eigenvalue weighted by atomic mass is 16.7. The topological polar surface area (TPSA) is 150 Å². The van der Waals surface area contributed by atoms with E-state index in [2.05, 4.69) is 0 Å². The number of hydrogen-bond acceptors (Lipinski definition) is 11. The van der Waals surface area contributed by atoms with E-state index in [0.717, 1.165) is 0 Å². The van der Waals surface area contributed by atoms with Crippen LogP contribution >= 0.6 is 0 Å². The fourth-order valence-electron chi connectivity index (χ4n) is 2.90. The Labute approximate surface area is 224 Å². The van der Waals surface area contributed by atoms with Gasteiger partial charge in [-0.15, -0.1) is 0 Å². The molecule has 3 atom stereocenters. The van der Waals surface area contributed by atoms with Gasteiger partial charge in [-0.2, -0.15) is 0 Å². The molecule has 0 aromatic heterocycles. The van der Waals surface area contributed by atoms with Crippen molar-refractivity contribution in [2.45, 2.75) is 86.0 Å². The molecular weight excluding hydrogens is 498 g/mol. The summed E-state index contributed by atoms with van der Waals surface area (Å²) in [6, 6.07) is 3.31. The van der Waals surface area contributed by atoms with Gasteiger partial charge < -0.3 is 34.2 Å². The molecule has 11 nitrogen and oxygen atoms in total. The van der Waals surface area contributed by atoms with Gasteiger partial charge in [0.25, 0.3) is 0 Å². The van der Waals surface area contributed by atoms with Crippen LogP contribution in [0.15, 0.2) is 18.2 Å². The third kappa shape index (κ3) is 13.3. The molecule has 0 saturated carbocycles. The van der Waals surface area contributed by atoms with E-state index in [1.807, 2.05) is 27.7 Å². The van der Waals surface area contributed by atoms with Crippen molar-refractivity contribution in [1.29, 1.82) is 0 Å². The fourth-order valence-corrected chi connectivity index (χ4v) is 2.90. The van der Waals surface area contributed by atoms with Gasteiger partial charge in [0.05, 0.1) is 13.2 Å². The van der Waals surface area contributed by atoms with Crippen molar-refractivity contribution in [3.63, 3.8) is 0 Å². The average Bonchev–Trinajstić information content (AvgIpc) is 2.79. The summed E-state index contributed by atoms with van der Waals surface area (Å²) in [5.41, 5.74) is 6.52. The maximum Gasteiger partial charge on any atom is 0.513 e. The number of carbonyl (C=O) groups excluding carboxylic acids is 4. The minimum absolute atomic E-state index is 0.0192. The first-order valence-corrected chi connectivity index (χ1v) is 12.7. The Morgan fingerprint density at radius 3 is 1.76 bits per heavy atom. The van der Waals surface area contributed by atoms with Gasteiger partial charge in [-0.3, -0.25) is 9.59 Å². The normalized spacial score (nSPS) is 13.3. The number of hydrogen-bond donors (Lipinski definition) is 1. The summed E-state index contributed by atoms with van der Waals surface area (Å²) in [7, 11) is 0. The number of esters is 2. The summed E-state index contributed by atoms with van der Waals surface area (Å²) in [6.45, 7) is 12.7. The molecule has 2 N–H and O–H groups in total. The number of rotatable bonds is 14. The SMILES string of the molecule is CC(=O)O[C@@H](C)[C@H](C)OC(=O)[C@@H](N)Cc1ccc(OC(=O)OCCC(C)C)c(OC(=O)OCCC(C)C)c1. The Bertz CT molecular complexity index is 930. The van der Waals surface area contributed by atoms with E-state index >= 15 is 0 Å². The lowest BCUT2D eigenvalue weighted by Crippen LogP contribution is -2.39. The molecule has 1 aromatic rings. The van der Waals surface area contributed by atoms with Crippen LogP contribution in [0.5, 0.6) is 11.5 Å². The van der Waals surface area contributed by atoms with Gasteiger partial charge in [0, 0.05) is 6.92 Å². The lowest BCUT2D eigenvalue weighted by atomic mass is 10.1. The van der Waals surface area contributed by atoms with Crippen LogP contribution in [-0.2, 0) is 35.0 Å². The van der Waals surface area contributed by atoms with Crippen LogP contribution in [0, 0.1) is 11.8 Å². The van der Waals surface area contributed by atoms with Crippen LogP contribution in [0.25, 0.3) is 0 Å². The van der Waals surface area contributed by atoms with E-state index in [-0.39, 0.29) is 31.1 Å². The Morgan fingerprint density at radius 1 is 0.763 bits per heavy atom. The highest BCUT2D eigenvalue weighted by molar-refractivity contribution is 5.76. The van der Waals surface area contributed by atoms with E-state index in [9.17, 15) is 19.2 Å². The van der Waals surface area contributed by atoms with E-state index in [0.29, 0.717) is 30.2 Å². The largest absolute Gasteiger partial charge is 0.513 e. The standard InChI is InChI=1S/C27H41NO10/c1-16(2)10-12-33-26(31)37-23-9-8-21(15-24(23)38-27(32)34-13-11-17(3)4)14-22(28)25(30)36-19(6)18(5)35-20(7)29/h8-9,15-19,22H,10-14,28H2,1-7H3/t18-,19-,22-/m0/s1. The Hall–Kier alpha value is -3.34. The van der Waals surface area contributed by atoms with Crippen molar-refractivity contribution in [3.05, 3.63) is 23.8 Å². The number of ether oxygens (including phenoxy) is 6. The number of nitrogens with two attached hydrogens (primary N) is 1. The van der Waals surface area contributed by atoms with Crippen LogP contribution in [0.3, 0.4) is 0 Å². The Morgan fingerprint density at radius 2 is 1.26 bits per heavy atom. The van der Waals surface area contributed by atoms with E-state index in [4.69, 9.17) is 34.2 Å². The molecule has 0 radical (unpaired) electrons. The summed E-state index contributed by atoms with van der Waals surface area (Å²) in [5.74, 6) is -0.705. The van der Waals surface area contributed by atoms with E-state index < -0.39 is 42.5 Å². The zero-order valence-electron chi connectivity index (χ0n) is 23.3. The van der Waals surface area contributed by atoms with Gasteiger partial charge >= 0.3 is 24.2 Å². The summed E-state index contributed by atoms with van der Waals surface area (Å²) in [6.07, 6.45) is -1.97. The van der Waals surface area contributed by atoms with Crippen LogP contribution in [0.2, 0.25) is 0 Å². The second-order valence-corrected chi connectivity index (χ2v) is 9.81. The van der Waals surface area contributed by atoms with Gasteiger partial charge in [0.1, 0.15) is 18.2 Å². The van der Waals surface area contributed by atoms with E-state index in [1.54, 1.807) is 19.9 Å². The van der Waals surface area contributed by atoms with Crippen molar-refractivity contribution >= 4 is 24.2 Å². The van der Waals surface area contributed by atoms with Crippen molar-refractivity contribution < 1.29 is 47.6 Å². The molecule has 0 heterocycles. The first-order chi connectivity index (χ1) is 17.8. The van der Waals surface area contributed by atoms with Gasteiger partial charge in [-0.1, -0.05) is 33.8 Å². The monoisotopic (exact) mass is 539 g/mol. The predicted octanol–water partition coefficient (Wildman–Crippen LogP) is 4.56. The molecule has 0 aliphatic heterocycles. The summed E-state index contributed by atoms with van der Waals surface area (Å²) in [5, 5.41) is 0.